The number of Topliss-reactive ketones (excluding diaryl/α,β-unsaturated/α-hetero) is 1. The summed E-state index contributed by atoms with van der Waals surface area (Å²) in [5.74, 6) is 2.21. The SMILES string of the molecule is C[C@@]12CCC(=NO)C[C@H]1CCc1cc(O)ccc12.C[C@@]12CCC(=O)C[C@H]1CCc1cc(O)ccc12. The van der Waals surface area contributed by atoms with Crippen molar-refractivity contribution in [3.05, 3.63) is 58.7 Å². The van der Waals surface area contributed by atoms with Crippen LogP contribution in [0.2, 0.25) is 0 Å². The van der Waals surface area contributed by atoms with Gasteiger partial charge in [-0.15, -0.1) is 0 Å². The molecule has 5 heteroatoms. The first-order valence-electron chi connectivity index (χ1n) is 13.1. The number of aromatic hydroxyl groups is 2. The fourth-order valence-electron chi connectivity index (χ4n) is 7.41. The number of oxime groups is 1. The number of hydrogen-bond acceptors (Lipinski definition) is 5. The average Bonchev–Trinajstić information content (AvgIpc) is 2.84. The fourth-order valence-corrected chi connectivity index (χ4v) is 7.41. The zero-order valence-electron chi connectivity index (χ0n) is 20.9. The summed E-state index contributed by atoms with van der Waals surface area (Å²) in [4.78, 5) is 11.6. The van der Waals surface area contributed by atoms with Crippen molar-refractivity contribution in [2.45, 2.75) is 88.9 Å². The Morgan fingerprint density at radius 1 is 0.771 bits per heavy atom. The minimum atomic E-state index is 0.148. The predicted molar refractivity (Wildman–Crippen MR) is 136 cm³/mol. The molecule has 2 fully saturated rings. The van der Waals surface area contributed by atoms with E-state index in [1.165, 1.54) is 22.3 Å². The van der Waals surface area contributed by atoms with Crippen LogP contribution in [-0.2, 0) is 28.5 Å². The maximum Gasteiger partial charge on any atom is 0.133 e. The van der Waals surface area contributed by atoms with Crippen LogP contribution >= 0.6 is 0 Å². The highest BCUT2D eigenvalue weighted by Gasteiger charge is 2.44. The highest BCUT2D eigenvalue weighted by Crippen LogP contribution is 2.50. The molecule has 0 aliphatic heterocycles. The van der Waals surface area contributed by atoms with Gasteiger partial charge in [0, 0.05) is 12.8 Å². The summed E-state index contributed by atoms with van der Waals surface area (Å²) in [6.45, 7) is 4.61. The number of phenols is 2. The molecule has 6 rings (SSSR count). The average molecular weight is 476 g/mol. The number of benzene rings is 2. The molecule has 2 aromatic carbocycles. The third-order valence-electron chi connectivity index (χ3n) is 9.69. The summed E-state index contributed by atoms with van der Waals surface area (Å²) in [6.07, 6.45) is 9.47. The number of carbonyl (C=O) groups excluding carboxylic acids is 1. The van der Waals surface area contributed by atoms with Crippen molar-refractivity contribution < 1.29 is 20.2 Å². The molecule has 2 aromatic rings. The van der Waals surface area contributed by atoms with E-state index in [-0.39, 0.29) is 10.8 Å². The molecule has 0 aromatic heterocycles. The lowest BCUT2D eigenvalue weighted by molar-refractivity contribution is -0.123. The van der Waals surface area contributed by atoms with Crippen molar-refractivity contribution >= 4 is 11.5 Å². The maximum atomic E-state index is 11.6. The summed E-state index contributed by atoms with van der Waals surface area (Å²) in [6, 6.07) is 11.5. The van der Waals surface area contributed by atoms with Gasteiger partial charge in [0.25, 0.3) is 0 Å². The molecule has 3 N–H and O–H groups in total. The number of fused-ring (bicyclic) bond motifs is 6. The van der Waals surface area contributed by atoms with Gasteiger partial charge in [0.15, 0.2) is 0 Å². The molecule has 0 spiro atoms. The lowest BCUT2D eigenvalue weighted by atomic mass is 9.58. The highest BCUT2D eigenvalue weighted by atomic mass is 16.4. The van der Waals surface area contributed by atoms with E-state index < -0.39 is 0 Å². The standard InChI is InChI=1S/C15H19NO2.C15H18O2/c1-15-7-6-12(16-18)9-11(15)3-2-10-8-13(17)4-5-14(10)15;1-15-7-6-13(17)9-11(15)3-2-10-8-12(16)4-5-14(10)15/h4-5,8,11,17-18H,2-3,6-7,9H2,1H3;4-5,8,11,16H,2-3,6-7,9H2,1H3/t2*11-,15-/m11/s1. The van der Waals surface area contributed by atoms with Crippen LogP contribution in [0.4, 0.5) is 0 Å². The Kier molecular flexibility index (Phi) is 6.14. The Morgan fingerprint density at radius 2 is 1.29 bits per heavy atom. The van der Waals surface area contributed by atoms with Crippen molar-refractivity contribution in [3.63, 3.8) is 0 Å². The van der Waals surface area contributed by atoms with Crippen molar-refractivity contribution in [2.24, 2.45) is 17.0 Å². The number of carbonyl (C=O) groups is 1. The molecule has 0 unspecified atom stereocenters. The topological polar surface area (TPSA) is 90.1 Å². The zero-order chi connectivity index (χ0) is 24.8. The Morgan fingerprint density at radius 3 is 1.83 bits per heavy atom. The molecular formula is C30H37NO4. The van der Waals surface area contributed by atoms with E-state index in [0.29, 0.717) is 35.5 Å². The quantitative estimate of drug-likeness (QED) is 0.313. The first kappa shape index (κ1) is 23.9. The summed E-state index contributed by atoms with van der Waals surface area (Å²) >= 11 is 0. The van der Waals surface area contributed by atoms with E-state index in [0.717, 1.165) is 63.5 Å². The zero-order valence-corrected chi connectivity index (χ0v) is 20.9. The molecule has 5 nitrogen and oxygen atoms in total. The van der Waals surface area contributed by atoms with Gasteiger partial charge in [-0.1, -0.05) is 31.1 Å². The van der Waals surface area contributed by atoms with Crippen molar-refractivity contribution in [1.29, 1.82) is 0 Å². The lowest BCUT2D eigenvalue weighted by Gasteiger charge is -2.46. The van der Waals surface area contributed by atoms with Crippen LogP contribution in [0.25, 0.3) is 0 Å². The molecule has 4 atom stereocenters. The number of hydrogen-bond donors (Lipinski definition) is 3. The van der Waals surface area contributed by atoms with Crippen LogP contribution < -0.4 is 0 Å². The Labute approximate surface area is 207 Å². The number of rotatable bonds is 0. The first-order chi connectivity index (χ1) is 16.7. The van der Waals surface area contributed by atoms with E-state index in [9.17, 15) is 15.0 Å². The highest BCUT2D eigenvalue weighted by molar-refractivity contribution is 5.85. The minimum Gasteiger partial charge on any atom is -0.508 e. The molecule has 0 amide bonds. The van der Waals surface area contributed by atoms with Crippen LogP contribution in [0.5, 0.6) is 11.5 Å². The summed E-state index contributed by atoms with van der Waals surface area (Å²) in [5.41, 5.74) is 6.58. The molecular weight excluding hydrogens is 438 g/mol. The van der Waals surface area contributed by atoms with Gasteiger partial charge in [-0.2, -0.15) is 0 Å². The summed E-state index contributed by atoms with van der Waals surface area (Å²) in [7, 11) is 0. The fraction of sp³-hybridized carbons (Fsp3) is 0.533. The molecule has 186 valence electrons. The molecule has 0 saturated heterocycles. The molecule has 4 aliphatic rings. The van der Waals surface area contributed by atoms with Gasteiger partial charge in [0.05, 0.1) is 5.71 Å². The molecule has 0 bridgehead atoms. The van der Waals surface area contributed by atoms with E-state index >= 15 is 0 Å². The van der Waals surface area contributed by atoms with Gasteiger partial charge in [-0.05, 0) is 121 Å². The van der Waals surface area contributed by atoms with Gasteiger partial charge in [-0.25, -0.2) is 0 Å². The van der Waals surface area contributed by atoms with Gasteiger partial charge < -0.3 is 15.4 Å². The Bertz CT molecular complexity index is 1170. The number of phenolic OH excluding ortho intramolecular Hbond substituents is 2. The van der Waals surface area contributed by atoms with E-state index in [1.807, 2.05) is 12.1 Å². The van der Waals surface area contributed by atoms with Crippen LogP contribution in [0, 0.1) is 11.8 Å². The molecule has 35 heavy (non-hydrogen) atoms. The Hall–Kier alpha value is -2.82. The molecule has 4 aliphatic carbocycles. The van der Waals surface area contributed by atoms with Gasteiger partial charge in [0.2, 0.25) is 0 Å². The second-order valence-corrected chi connectivity index (χ2v) is 11.6. The lowest BCUT2D eigenvalue weighted by Crippen LogP contribution is -2.41. The van der Waals surface area contributed by atoms with E-state index in [1.54, 1.807) is 12.1 Å². The van der Waals surface area contributed by atoms with E-state index in [2.05, 4.69) is 31.1 Å². The maximum absolute atomic E-state index is 11.6. The van der Waals surface area contributed by atoms with Crippen LogP contribution in [0.15, 0.2) is 41.6 Å². The second kappa shape index (κ2) is 9.00. The monoisotopic (exact) mass is 475 g/mol. The minimum absolute atomic E-state index is 0.148. The smallest absolute Gasteiger partial charge is 0.133 e. The number of nitrogens with zero attached hydrogens (tertiary/aromatic N) is 1. The summed E-state index contributed by atoms with van der Waals surface area (Å²) in [5, 5.41) is 31.5. The first-order valence-corrected chi connectivity index (χ1v) is 13.1. The largest absolute Gasteiger partial charge is 0.508 e. The van der Waals surface area contributed by atoms with Crippen molar-refractivity contribution in [1.82, 2.24) is 0 Å². The van der Waals surface area contributed by atoms with Gasteiger partial charge in [0.1, 0.15) is 17.3 Å². The van der Waals surface area contributed by atoms with Crippen LogP contribution in [-0.4, -0.2) is 26.9 Å². The molecule has 0 radical (unpaired) electrons. The van der Waals surface area contributed by atoms with Crippen LogP contribution in [0.3, 0.4) is 0 Å². The van der Waals surface area contributed by atoms with E-state index in [4.69, 9.17) is 5.21 Å². The number of aryl methyl sites for hydroxylation is 2. The van der Waals surface area contributed by atoms with Crippen molar-refractivity contribution in [2.75, 3.05) is 0 Å². The molecule has 2 saturated carbocycles. The van der Waals surface area contributed by atoms with Crippen molar-refractivity contribution in [3.8, 4) is 11.5 Å². The predicted octanol–water partition coefficient (Wildman–Crippen LogP) is 6.19. The second-order valence-electron chi connectivity index (χ2n) is 11.6. The normalized spacial score (nSPS) is 32.4. The van der Waals surface area contributed by atoms with Gasteiger partial charge >= 0.3 is 0 Å². The van der Waals surface area contributed by atoms with Crippen LogP contribution in [0.1, 0.15) is 87.5 Å². The third-order valence-corrected chi connectivity index (χ3v) is 9.69. The Balaban J connectivity index is 0.000000145. The third kappa shape index (κ3) is 4.23. The number of ketones is 1. The van der Waals surface area contributed by atoms with Gasteiger partial charge in [-0.3, -0.25) is 4.79 Å². The molecule has 0 heterocycles. The summed E-state index contributed by atoms with van der Waals surface area (Å²) < 4.78 is 0.